The highest BCUT2D eigenvalue weighted by Crippen LogP contribution is 2.14. The first-order valence-electron chi connectivity index (χ1n) is 5.28. The summed E-state index contributed by atoms with van der Waals surface area (Å²) in [4.78, 5) is 18.9. The Labute approximate surface area is 97.8 Å². The van der Waals surface area contributed by atoms with Gasteiger partial charge in [-0.15, -0.1) is 0 Å². The SMILES string of the molecule is NC(=O)CCCNc1nc(N)cn2ccnc12. The van der Waals surface area contributed by atoms with Crippen LogP contribution in [0.1, 0.15) is 12.8 Å². The molecule has 0 aliphatic heterocycles. The third-order valence-electron chi connectivity index (χ3n) is 2.29. The maximum atomic E-state index is 10.6. The summed E-state index contributed by atoms with van der Waals surface area (Å²) in [6, 6.07) is 0. The van der Waals surface area contributed by atoms with Crippen molar-refractivity contribution in [2.24, 2.45) is 5.73 Å². The Morgan fingerprint density at radius 3 is 3.12 bits per heavy atom. The van der Waals surface area contributed by atoms with Crippen LogP contribution in [0.25, 0.3) is 5.65 Å². The van der Waals surface area contributed by atoms with Crippen LogP contribution in [0.5, 0.6) is 0 Å². The number of aromatic nitrogens is 3. The molecule has 0 atom stereocenters. The zero-order chi connectivity index (χ0) is 12.3. The number of carbonyl (C=O) groups excluding carboxylic acids is 1. The number of nitrogens with zero attached hydrogens (tertiary/aromatic N) is 3. The smallest absolute Gasteiger partial charge is 0.217 e. The molecule has 2 rings (SSSR count). The standard InChI is InChI=1S/C10H14N6O/c11-7-6-16-5-4-14-10(16)9(15-7)13-3-1-2-8(12)17/h4-6H,1-3,11H2,(H2,12,17)(H,13,15). The third-order valence-corrected chi connectivity index (χ3v) is 2.29. The van der Waals surface area contributed by atoms with Crippen LogP contribution in [-0.2, 0) is 4.79 Å². The summed E-state index contributed by atoms with van der Waals surface area (Å²) < 4.78 is 1.79. The number of nitrogen functional groups attached to an aromatic ring is 1. The van der Waals surface area contributed by atoms with Crippen LogP contribution in [0.4, 0.5) is 11.6 Å². The highest BCUT2D eigenvalue weighted by atomic mass is 16.1. The van der Waals surface area contributed by atoms with Gasteiger partial charge in [0.15, 0.2) is 11.5 Å². The van der Waals surface area contributed by atoms with E-state index < -0.39 is 0 Å². The molecule has 7 nitrogen and oxygen atoms in total. The number of imidazole rings is 1. The van der Waals surface area contributed by atoms with Crippen molar-refractivity contribution in [2.45, 2.75) is 12.8 Å². The molecule has 0 fully saturated rings. The highest BCUT2D eigenvalue weighted by Gasteiger charge is 2.05. The van der Waals surface area contributed by atoms with Gasteiger partial charge in [-0.1, -0.05) is 0 Å². The Balaban J connectivity index is 2.07. The lowest BCUT2D eigenvalue weighted by atomic mass is 10.3. The molecule has 0 aliphatic rings. The molecule has 0 radical (unpaired) electrons. The lowest BCUT2D eigenvalue weighted by Crippen LogP contribution is -2.13. The molecule has 7 heteroatoms. The molecule has 0 saturated heterocycles. The fraction of sp³-hybridized carbons (Fsp3) is 0.300. The van der Waals surface area contributed by atoms with Crippen molar-refractivity contribution in [3.63, 3.8) is 0 Å². The highest BCUT2D eigenvalue weighted by molar-refractivity contribution is 5.73. The molecule has 1 amide bonds. The number of hydrogen-bond acceptors (Lipinski definition) is 5. The van der Waals surface area contributed by atoms with Gasteiger partial charge in [0.05, 0.1) is 6.20 Å². The van der Waals surface area contributed by atoms with Crippen molar-refractivity contribution in [3.05, 3.63) is 18.6 Å². The summed E-state index contributed by atoms with van der Waals surface area (Å²) in [5.74, 6) is 0.714. The van der Waals surface area contributed by atoms with Crippen molar-refractivity contribution in [1.29, 1.82) is 0 Å². The Hall–Kier alpha value is -2.31. The second-order valence-corrected chi connectivity index (χ2v) is 3.67. The molecule has 0 aliphatic carbocycles. The predicted octanol–water partition coefficient (Wildman–Crippen LogP) is -0.0111. The van der Waals surface area contributed by atoms with Crippen LogP contribution in [0.15, 0.2) is 18.6 Å². The number of rotatable bonds is 5. The van der Waals surface area contributed by atoms with Crippen molar-refractivity contribution in [1.82, 2.24) is 14.4 Å². The van der Waals surface area contributed by atoms with Crippen LogP contribution in [-0.4, -0.2) is 26.8 Å². The van der Waals surface area contributed by atoms with Crippen molar-refractivity contribution < 1.29 is 4.79 Å². The molecule has 0 saturated carbocycles. The van der Waals surface area contributed by atoms with Gasteiger partial charge in [0.2, 0.25) is 5.91 Å². The van der Waals surface area contributed by atoms with E-state index in [1.807, 2.05) is 0 Å². The first-order valence-corrected chi connectivity index (χ1v) is 5.28. The van der Waals surface area contributed by atoms with E-state index in [-0.39, 0.29) is 5.91 Å². The number of fused-ring (bicyclic) bond motifs is 1. The Morgan fingerprint density at radius 1 is 1.53 bits per heavy atom. The zero-order valence-electron chi connectivity index (χ0n) is 9.26. The van der Waals surface area contributed by atoms with Gasteiger partial charge < -0.3 is 21.2 Å². The van der Waals surface area contributed by atoms with Gasteiger partial charge in [0.1, 0.15) is 5.82 Å². The van der Waals surface area contributed by atoms with E-state index >= 15 is 0 Å². The molecule has 17 heavy (non-hydrogen) atoms. The molecule has 0 spiro atoms. The lowest BCUT2D eigenvalue weighted by molar-refractivity contribution is -0.118. The second-order valence-electron chi connectivity index (χ2n) is 3.67. The summed E-state index contributed by atoms with van der Waals surface area (Å²) in [5, 5.41) is 3.09. The van der Waals surface area contributed by atoms with E-state index in [1.54, 1.807) is 23.0 Å². The predicted molar refractivity (Wildman–Crippen MR) is 64.3 cm³/mol. The molecule has 2 heterocycles. The van der Waals surface area contributed by atoms with Gasteiger partial charge >= 0.3 is 0 Å². The van der Waals surface area contributed by atoms with E-state index in [2.05, 4.69) is 15.3 Å². The van der Waals surface area contributed by atoms with E-state index in [0.29, 0.717) is 36.7 Å². The van der Waals surface area contributed by atoms with Gasteiger partial charge in [-0.25, -0.2) is 9.97 Å². The maximum Gasteiger partial charge on any atom is 0.217 e. The van der Waals surface area contributed by atoms with Crippen LogP contribution in [0, 0.1) is 0 Å². The summed E-state index contributed by atoms with van der Waals surface area (Å²) in [7, 11) is 0. The average molecular weight is 234 g/mol. The van der Waals surface area contributed by atoms with E-state index in [0.717, 1.165) is 0 Å². The number of primary amides is 1. The maximum absolute atomic E-state index is 10.6. The molecular formula is C10H14N6O. The fourth-order valence-corrected chi connectivity index (χ4v) is 1.54. The molecule has 90 valence electrons. The minimum Gasteiger partial charge on any atom is -0.382 e. The van der Waals surface area contributed by atoms with Crippen molar-refractivity contribution >= 4 is 23.2 Å². The third kappa shape index (κ3) is 2.63. The summed E-state index contributed by atoms with van der Waals surface area (Å²) in [5.41, 5.74) is 11.4. The van der Waals surface area contributed by atoms with Crippen LogP contribution in [0.2, 0.25) is 0 Å². The molecule has 5 N–H and O–H groups in total. The van der Waals surface area contributed by atoms with Gasteiger partial charge in [0.25, 0.3) is 0 Å². The number of hydrogen-bond donors (Lipinski definition) is 3. The normalized spacial score (nSPS) is 10.6. The quantitative estimate of drug-likeness (QED) is 0.630. The number of amides is 1. The largest absolute Gasteiger partial charge is 0.382 e. The Morgan fingerprint density at radius 2 is 2.35 bits per heavy atom. The van der Waals surface area contributed by atoms with Crippen LogP contribution in [0.3, 0.4) is 0 Å². The fourth-order valence-electron chi connectivity index (χ4n) is 1.54. The lowest BCUT2D eigenvalue weighted by Gasteiger charge is -2.07. The monoisotopic (exact) mass is 234 g/mol. The molecule has 2 aromatic rings. The summed E-state index contributed by atoms with van der Waals surface area (Å²) in [6.45, 7) is 0.599. The zero-order valence-corrected chi connectivity index (χ0v) is 9.26. The average Bonchev–Trinajstić information content (AvgIpc) is 2.71. The minimum atomic E-state index is -0.307. The van der Waals surface area contributed by atoms with E-state index in [4.69, 9.17) is 11.5 Å². The van der Waals surface area contributed by atoms with Crippen LogP contribution >= 0.6 is 0 Å². The minimum absolute atomic E-state index is 0.307. The topological polar surface area (TPSA) is 111 Å². The molecule has 0 bridgehead atoms. The van der Waals surface area contributed by atoms with Gasteiger partial charge in [0, 0.05) is 25.4 Å². The van der Waals surface area contributed by atoms with Crippen molar-refractivity contribution in [3.8, 4) is 0 Å². The Bertz CT molecular complexity index is 535. The number of anilines is 2. The molecule has 2 aromatic heterocycles. The van der Waals surface area contributed by atoms with Crippen LogP contribution < -0.4 is 16.8 Å². The molecule has 0 unspecified atom stereocenters. The van der Waals surface area contributed by atoms with E-state index in [9.17, 15) is 4.79 Å². The summed E-state index contributed by atoms with van der Waals surface area (Å²) in [6.07, 6.45) is 6.16. The van der Waals surface area contributed by atoms with E-state index in [1.165, 1.54) is 0 Å². The van der Waals surface area contributed by atoms with Gasteiger partial charge in [-0.3, -0.25) is 4.79 Å². The Kier molecular flexibility index (Phi) is 3.08. The first-order chi connectivity index (χ1) is 8.16. The number of nitrogens with one attached hydrogen (secondary N) is 1. The summed E-state index contributed by atoms with van der Waals surface area (Å²) >= 11 is 0. The molecule has 0 aromatic carbocycles. The first kappa shape index (κ1) is 11.2. The number of nitrogens with two attached hydrogens (primary N) is 2. The van der Waals surface area contributed by atoms with Gasteiger partial charge in [-0.05, 0) is 6.42 Å². The second kappa shape index (κ2) is 4.69. The number of carbonyl (C=O) groups is 1. The van der Waals surface area contributed by atoms with Crippen molar-refractivity contribution in [2.75, 3.05) is 17.6 Å². The molecular weight excluding hydrogens is 220 g/mol. The van der Waals surface area contributed by atoms with Gasteiger partial charge in [-0.2, -0.15) is 0 Å².